The van der Waals surface area contributed by atoms with Crippen molar-refractivity contribution in [2.75, 3.05) is 19.1 Å². The number of carboxylic acids is 1. The zero-order valence-corrected chi connectivity index (χ0v) is 22.5. The number of halogens is 5. The van der Waals surface area contributed by atoms with Gasteiger partial charge >= 0.3 is 24.4 Å². The van der Waals surface area contributed by atoms with Gasteiger partial charge < -0.3 is 14.6 Å². The molecule has 3 rings (SSSR count). The van der Waals surface area contributed by atoms with E-state index >= 15 is 0 Å². The molecule has 1 aromatic heterocycles. The number of aliphatic carboxylic acids is 1. The first-order valence-electron chi connectivity index (χ1n) is 11.5. The number of nitro benzene ring substituents is 1. The number of tetrazole rings is 1. The molecule has 18 heteroatoms. The van der Waals surface area contributed by atoms with Crippen LogP contribution in [0.5, 0.6) is 11.5 Å². The number of hydrogen-bond acceptors (Lipinski definition) is 10. The molecule has 2 N–H and O–H groups in total. The van der Waals surface area contributed by atoms with E-state index in [0.29, 0.717) is 17.9 Å². The van der Waals surface area contributed by atoms with Crippen LogP contribution in [-0.2, 0) is 11.3 Å². The number of aryl methyl sites for hydroxylation is 1. The summed E-state index contributed by atoms with van der Waals surface area (Å²) in [6.07, 6.45) is -3.11. The lowest BCUT2D eigenvalue weighted by atomic mass is 10.0. The van der Waals surface area contributed by atoms with Crippen LogP contribution in [0, 0.1) is 10.1 Å². The van der Waals surface area contributed by atoms with E-state index in [4.69, 9.17) is 14.6 Å². The summed E-state index contributed by atoms with van der Waals surface area (Å²) in [5.74, 6) is -1.28. The minimum Gasteiger partial charge on any atom is -0.490 e. The summed E-state index contributed by atoms with van der Waals surface area (Å²) in [5.41, 5.74) is 1.31. The Bertz CT molecular complexity index is 1290. The molecule has 41 heavy (non-hydrogen) atoms. The van der Waals surface area contributed by atoms with E-state index in [2.05, 4.69) is 25.6 Å². The van der Waals surface area contributed by atoms with E-state index in [0.717, 1.165) is 11.3 Å². The largest absolute Gasteiger partial charge is 0.490 e. The molecule has 1 heterocycles. The molecule has 224 valence electrons. The smallest absolute Gasteiger partial charge is 0.490 e. The van der Waals surface area contributed by atoms with Gasteiger partial charge in [0.2, 0.25) is 0 Å². The third kappa shape index (κ3) is 9.82. The van der Waals surface area contributed by atoms with Crippen molar-refractivity contribution >= 4 is 23.4 Å². The van der Waals surface area contributed by atoms with Crippen LogP contribution in [0.25, 0.3) is 0 Å². The molecular formula is C23H25F5N6O6S. The van der Waals surface area contributed by atoms with Crippen molar-refractivity contribution in [3.05, 3.63) is 69.5 Å². The Morgan fingerprint density at radius 3 is 2.32 bits per heavy atom. The number of carbonyl (C=O) groups is 1. The van der Waals surface area contributed by atoms with E-state index in [9.17, 15) is 32.1 Å². The molecule has 0 radical (unpaired) electrons. The molecule has 0 bridgehead atoms. The summed E-state index contributed by atoms with van der Waals surface area (Å²) in [4.78, 5) is 19.7. The summed E-state index contributed by atoms with van der Waals surface area (Å²) in [6.45, 7) is -0.433. The van der Waals surface area contributed by atoms with Crippen molar-refractivity contribution in [1.29, 1.82) is 0 Å². The first-order valence-corrected chi connectivity index (χ1v) is 12.9. The van der Waals surface area contributed by atoms with Gasteiger partial charge in [-0.05, 0) is 59.0 Å². The van der Waals surface area contributed by atoms with E-state index in [1.807, 2.05) is 13.2 Å². The number of rotatable bonds is 12. The fourth-order valence-corrected chi connectivity index (χ4v) is 3.74. The second-order valence-corrected chi connectivity index (χ2v) is 9.00. The van der Waals surface area contributed by atoms with Gasteiger partial charge in [-0.15, -0.1) is 5.10 Å². The Morgan fingerprint density at radius 1 is 1.20 bits per heavy atom. The number of methoxy groups -OCH3 is 1. The van der Waals surface area contributed by atoms with Gasteiger partial charge in [-0.2, -0.15) is 33.7 Å². The standard InChI is InChI=1S/C21H24F2N6O4S.C2HF3O2/c1-13(14-4-7-16(8-5-14)33-21(22)23)24-19(20-25-26-27-28(20)10-11-34-3)15-6-9-17(29(30)31)18(12-15)32-2;3-2(4,5)1(6)7/h4-9,12-13,19,21,24H,10-11H2,1-3H3;(H,6,7). The molecule has 0 fully saturated rings. The molecule has 0 spiro atoms. The number of carboxylic acid groups (broad SMARTS) is 1. The second-order valence-electron chi connectivity index (χ2n) is 8.01. The van der Waals surface area contributed by atoms with Crippen LogP contribution < -0.4 is 14.8 Å². The van der Waals surface area contributed by atoms with Crippen LogP contribution in [0.1, 0.15) is 36.0 Å². The quantitative estimate of drug-likeness (QED) is 0.168. The van der Waals surface area contributed by atoms with Crippen LogP contribution in [0.3, 0.4) is 0 Å². The molecule has 0 amide bonds. The lowest BCUT2D eigenvalue weighted by Crippen LogP contribution is -2.29. The van der Waals surface area contributed by atoms with E-state index in [1.54, 1.807) is 40.7 Å². The minimum atomic E-state index is -5.08. The zero-order valence-electron chi connectivity index (χ0n) is 21.7. The average molecular weight is 609 g/mol. The Labute approximate surface area is 234 Å². The van der Waals surface area contributed by atoms with Gasteiger partial charge in [0.05, 0.1) is 24.6 Å². The van der Waals surface area contributed by atoms with Gasteiger partial charge in [0, 0.05) is 17.9 Å². The predicted octanol–water partition coefficient (Wildman–Crippen LogP) is 4.63. The first kappa shape index (κ1) is 33.1. The van der Waals surface area contributed by atoms with E-state index in [-0.39, 0.29) is 23.2 Å². The number of thioether (sulfide) groups is 1. The number of nitrogens with one attached hydrogen (secondary N) is 1. The highest BCUT2D eigenvalue weighted by Gasteiger charge is 2.38. The van der Waals surface area contributed by atoms with Gasteiger partial charge in [0.25, 0.3) is 0 Å². The van der Waals surface area contributed by atoms with Crippen molar-refractivity contribution in [2.24, 2.45) is 0 Å². The number of hydrogen-bond donors (Lipinski definition) is 2. The number of ether oxygens (including phenoxy) is 2. The number of aromatic nitrogens is 4. The maximum atomic E-state index is 12.5. The third-order valence-corrected chi connectivity index (χ3v) is 5.91. The fraction of sp³-hybridized carbons (Fsp3) is 0.391. The molecule has 2 atom stereocenters. The summed E-state index contributed by atoms with van der Waals surface area (Å²) < 4.78 is 68.0. The average Bonchev–Trinajstić information content (AvgIpc) is 3.38. The lowest BCUT2D eigenvalue weighted by Gasteiger charge is -2.24. The van der Waals surface area contributed by atoms with Crippen molar-refractivity contribution in [3.63, 3.8) is 0 Å². The topological polar surface area (TPSA) is 155 Å². The van der Waals surface area contributed by atoms with Gasteiger partial charge in [-0.3, -0.25) is 15.4 Å². The highest BCUT2D eigenvalue weighted by molar-refractivity contribution is 7.98. The number of nitrogens with zero attached hydrogens (tertiary/aromatic N) is 5. The van der Waals surface area contributed by atoms with Crippen molar-refractivity contribution in [2.45, 2.75) is 38.3 Å². The van der Waals surface area contributed by atoms with Crippen molar-refractivity contribution < 1.29 is 46.3 Å². The number of alkyl halides is 5. The molecule has 0 aliphatic heterocycles. The summed E-state index contributed by atoms with van der Waals surface area (Å²) in [7, 11) is 1.36. The molecule has 0 aliphatic rings. The molecule has 2 aromatic carbocycles. The van der Waals surface area contributed by atoms with Crippen molar-refractivity contribution in [3.8, 4) is 11.5 Å². The molecule has 2 unspecified atom stereocenters. The molecule has 0 saturated heterocycles. The van der Waals surface area contributed by atoms with Crippen LogP contribution in [0.2, 0.25) is 0 Å². The lowest BCUT2D eigenvalue weighted by molar-refractivity contribution is -0.385. The van der Waals surface area contributed by atoms with Gasteiger partial charge in [0.15, 0.2) is 11.6 Å². The van der Waals surface area contributed by atoms with Crippen LogP contribution in [-0.4, -0.2) is 68.1 Å². The zero-order chi connectivity index (χ0) is 30.7. The maximum Gasteiger partial charge on any atom is 0.490 e. The normalized spacial score (nSPS) is 12.7. The summed E-state index contributed by atoms with van der Waals surface area (Å²) >= 11 is 1.65. The van der Waals surface area contributed by atoms with Crippen LogP contribution >= 0.6 is 11.8 Å². The SMILES string of the molecule is COc1cc(C(NC(C)c2ccc(OC(F)F)cc2)c2nnnn2CCSC)ccc1[N+](=O)[O-].O=C(O)C(F)(F)F. The second kappa shape index (κ2) is 15.1. The van der Waals surface area contributed by atoms with Crippen LogP contribution in [0.4, 0.5) is 27.6 Å². The monoisotopic (exact) mass is 608 g/mol. The van der Waals surface area contributed by atoms with E-state index in [1.165, 1.54) is 25.3 Å². The number of nitro groups is 1. The first-order chi connectivity index (χ1) is 19.3. The minimum absolute atomic E-state index is 0.0589. The third-order valence-electron chi connectivity index (χ3n) is 5.32. The van der Waals surface area contributed by atoms with Gasteiger partial charge in [0.1, 0.15) is 5.75 Å². The van der Waals surface area contributed by atoms with E-state index < -0.39 is 29.7 Å². The Kier molecular flexibility index (Phi) is 12.2. The highest BCUT2D eigenvalue weighted by Crippen LogP contribution is 2.33. The Hall–Kier alpha value is -4.06. The number of benzene rings is 2. The molecular weight excluding hydrogens is 583 g/mol. The summed E-state index contributed by atoms with van der Waals surface area (Å²) in [6, 6.07) is 10.1. The van der Waals surface area contributed by atoms with Crippen LogP contribution in [0.15, 0.2) is 42.5 Å². The molecule has 12 nitrogen and oxygen atoms in total. The van der Waals surface area contributed by atoms with Gasteiger partial charge in [-0.1, -0.05) is 12.1 Å². The van der Waals surface area contributed by atoms with Gasteiger partial charge in [-0.25, -0.2) is 9.48 Å². The highest BCUT2D eigenvalue weighted by atomic mass is 32.2. The molecule has 0 aliphatic carbocycles. The fourth-order valence-electron chi connectivity index (χ4n) is 3.38. The Morgan fingerprint density at radius 2 is 1.80 bits per heavy atom. The maximum absolute atomic E-state index is 12.5. The molecule has 3 aromatic rings. The summed E-state index contributed by atoms with van der Waals surface area (Å²) in [5, 5.41) is 34.0. The predicted molar refractivity (Wildman–Crippen MR) is 136 cm³/mol. The van der Waals surface area contributed by atoms with Crippen molar-refractivity contribution in [1.82, 2.24) is 25.5 Å². The Balaban J connectivity index is 0.000000745. The molecule has 0 saturated carbocycles.